The van der Waals surface area contributed by atoms with Crippen molar-refractivity contribution in [2.24, 2.45) is 0 Å². The first-order valence-corrected chi connectivity index (χ1v) is 6.31. The molecule has 0 bridgehead atoms. The number of nitrogens with two attached hydrogens (primary N) is 1. The van der Waals surface area contributed by atoms with Crippen LogP contribution >= 0.6 is 34.8 Å². The minimum absolute atomic E-state index is 0.0902. The fraction of sp³-hybridized carbons (Fsp3) is 0.0833. The van der Waals surface area contributed by atoms with E-state index in [0.717, 1.165) is 6.07 Å². The van der Waals surface area contributed by atoms with Crippen molar-refractivity contribution in [2.75, 3.05) is 5.73 Å². The molecule has 0 radical (unpaired) electrons. The number of pyridine rings is 1. The Labute approximate surface area is 127 Å². The van der Waals surface area contributed by atoms with E-state index in [1.165, 1.54) is 12.1 Å². The van der Waals surface area contributed by atoms with Crippen molar-refractivity contribution in [1.29, 1.82) is 0 Å². The second-order valence-electron chi connectivity index (χ2n) is 3.91. The van der Waals surface area contributed by atoms with Crippen LogP contribution in [0.25, 0.3) is 11.3 Å². The summed E-state index contributed by atoms with van der Waals surface area (Å²) in [6.07, 6.45) is -3.84. The highest BCUT2D eigenvalue weighted by Gasteiger charge is 2.31. The molecule has 0 aliphatic rings. The molecule has 0 atom stereocenters. The Morgan fingerprint density at radius 3 is 2.25 bits per heavy atom. The molecule has 0 aliphatic carbocycles. The van der Waals surface area contributed by atoms with Crippen molar-refractivity contribution in [3.8, 4) is 11.3 Å². The first-order valence-electron chi connectivity index (χ1n) is 5.18. The first kappa shape index (κ1) is 15.2. The van der Waals surface area contributed by atoms with E-state index in [1.54, 1.807) is 0 Å². The monoisotopic (exact) mass is 340 g/mol. The Morgan fingerprint density at radius 2 is 1.70 bits per heavy atom. The molecule has 0 aliphatic heterocycles. The highest BCUT2D eigenvalue weighted by atomic mass is 35.5. The predicted octanol–water partition coefficient (Wildman–Crippen LogP) is 5.31. The van der Waals surface area contributed by atoms with Crippen molar-refractivity contribution in [3.05, 3.63) is 45.0 Å². The van der Waals surface area contributed by atoms with Crippen molar-refractivity contribution in [2.45, 2.75) is 6.18 Å². The molecule has 1 aromatic heterocycles. The number of anilines is 1. The van der Waals surface area contributed by atoms with Crippen LogP contribution in [0, 0.1) is 0 Å². The SMILES string of the molecule is Nc1cc(C(F)(F)F)cnc1-c1cc(Cl)cc(Cl)c1Cl. The number of nitrogens with zero attached hydrogens (tertiary/aromatic N) is 1. The molecule has 0 saturated carbocycles. The lowest BCUT2D eigenvalue weighted by atomic mass is 10.1. The van der Waals surface area contributed by atoms with Crippen LogP contribution in [0.1, 0.15) is 5.56 Å². The van der Waals surface area contributed by atoms with Gasteiger partial charge < -0.3 is 5.73 Å². The standard InChI is InChI=1S/C12H6Cl3F3N2/c13-6-2-7(10(15)8(14)3-6)11-9(19)1-5(4-20-11)12(16,17)18/h1-4H,19H2. The van der Waals surface area contributed by atoms with Crippen LogP contribution in [0.2, 0.25) is 15.1 Å². The predicted molar refractivity (Wildman–Crippen MR) is 74.1 cm³/mol. The number of aromatic nitrogens is 1. The van der Waals surface area contributed by atoms with Crippen molar-refractivity contribution < 1.29 is 13.2 Å². The first-order chi connectivity index (χ1) is 9.20. The van der Waals surface area contributed by atoms with E-state index in [2.05, 4.69) is 4.98 Å². The molecular weight excluding hydrogens is 335 g/mol. The van der Waals surface area contributed by atoms with Gasteiger partial charge in [-0.05, 0) is 18.2 Å². The van der Waals surface area contributed by atoms with Crippen LogP contribution in [0.15, 0.2) is 24.4 Å². The summed E-state index contributed by atoms with van der Waals surface area (Å²) in [5, 5.41) is 0.556. The zero-order valence-corrected chi connectivity index (χ0v) is 11.9. The van der Waals surface area contributed by atoms with Gasteiger partial charge in [-0.25, -0.2) is 0 Å². The van der Waals surface area contributed by atoms with Gasteiger partial charge in [-0.3, -0.25) is 4.98 Å². The molecule has 2 nitrogen and oxygen atoms in total. The zero-order valence-electron chi connectivity index (χ0n) is 9.60. The summed E-state index contributed by atoms with van der Waals surface area (Å²) in [5.74, 6) is 0. The lowest BCUT2D eigenvalue weighted by Crippen LogP contribution is -2.07. The Morgan fingerprint density at radius 1 is 1.05 bits per heavy atom. The average molecular weight is 342 g/mol. The molecule has 2 aromatic rings. The van der Waals surface area contributed by atoms with Gasteiger partial charge in [0.1, 0.15) is 0 Å². The summed E-state index contributed by atoms with van der Waals surface area (Å²) in [7, 11) is 0. The number of alkyl halides is 3. The van der Waals surface area contributed by atoms with Gasteiger partial charge in [-0.2, -0.15) is 13.2 Å². The van der Waals surface area contributed by atoms with E-state index >= 15 is 0 Å². The third-order valence-electron chi connectivity index (χ3n) is 2.49. The molecule has 2 rings (SSSR count). The highest BCUT2D eigenvalue weighted by molar-refractivity contribution is 6.45. The number of halogens is 6. The normalized spacial score (nSPS) is 11.7. The Hall–Kier alpha value is -1.17. The molecule has 0 fully saturated rings. The smallest absolute Gasteiger partial charge is 0.397 e. The molecule has 8 heteroatoms. The van der Waals surface area contributed by atoms with Gasteiger partial charge in [0.05, 0.1) is 27.0 Å². The van der Waals surface area contributed by atoms with Gasteiger partial charge >= 0.3 is 6.18 Å². The van der Waals surface area contributed by atoms with Gasteiger partial charge in [0.2, 0.25) is 0 Å². The van der Waals surface area contributed by atoms with E-state index < -0.39 is 11.7 Å². The fourth-order valence-electron chi connectivity index (χ4n) is 1.59. The van der Waals surface area contributed by atoms with E-state index in [0.29, 0.717) is 6.20 Å². The maximum Gasteiger partial charge on any atom is 0.417 e. The Balaban J connectivity index is 2.60. The molecule has 0 saturated heterocycles. The molecule has 0 amide bonds. The maximum atomic E-state index is 12.5. The minimum Gasteiger partial charge on any atom is -0.397 e. The quantitative estimate of drug-likeness (QED) is 0.714. The summed E-state index contributed by atoms with van der Waals surface area (Å²) in [6.45, 7) is 0. The second-order valence-corrected chi connectivity index (χ2v) is 5.13. The number of rotatable bonds is 1. The van der Waals surface area contributed by atoms with Crippen LogP contribution in [-0.2, 0) is 6.18 Å². The van der Waals surface area contributed by atoms with Crippen molar-refractivity contribution in [3.63, 3.8) is 0 Å². The largest absolute Gasteiger partial charge is 0.417 e. The molecule has 1 heterocycles. The van der Waals surface area contributed by atoms with E-state index in [4.69, 9.17) is 40.5 Å². The van der Waals surface area contributed by atoms with Gasteiger partial charge in [0, 0.05) is 16.8 Å². The number of hydrogen-bond donors (Lipinski definition) is 1. The van der Waals surface area contributed by atoms with Gasteiger partial charge in [-0.1, -0.05) is 34.8 Å². The Kier molecular flexibility index (Phi) is 4.04. The van der Waals surface area contributed by atoms with Crippen molar-refractivity contribution in [1.82, 2.24) is 4.98 Å². The molecule has 106 valence electrons. The molecule has 2 N–H and O–H groups in total. The molecule has 0 unspecified atom stereocenters. The minimum atomic E-state index is -4.52. The van der Waals surface area contributed by atoms with Crippen LogP contribution in [0.4, 0.5) is 18.9 Å². The second kappa shape index (κ2) is 5.31. The Bertz CT molecular complexity index is 672. The third kappa shape index (κ3) is 2.95. The summed E-state index contributed by atoms with van der Waals surface area (Å²) in [4.78, 5) is 3.71. The summed E-state index contributed by atoms with van der Waals surface area (Å²) < 4.78 is 37.6. The van der Waals surface area contributed by atoms with E-state index in [1.807, 2.05) is 0 Å². The molecule has 20 heavy (non-hydrogen) atoms. The lowest BCUT2D eigenvalue weighted by Gasteiger charge is -2.12. The summed E-state index contributed by atoms with van der Waals surface area (Å²) >= 11 is 17.7. The van der Waals surface area contributed by atoms with Crippen LogP contribution < -0.4 is 5.73 Å². The topological polar surface area (TPSA) is 38.9 Å². The lowest BCUT2D eigenvalue weighted by molar-refractivity contribution is -0.137. The number of nitrogen functional groups attached to an aromatic ring is 1. The van der Waals surface area contributed by atoms with Gasteiger partial charge in [0.15, 0.2) is 0 Å². The summed E-state index contributed by atoms with van der Waals surface area (Å²) in [5.41, 5.74) is 4.87. The van der Waals surface area contributed by atoms with Crippen LogP contribution in [0.5, 0.6) is 0 Å². The highest BCUT2D eigenvalue weighted by Crippen LogP contribution is 2.39. The van der Waals surface area contributed by atoms with E-state index in [-0.39, 0.29) is 32.0 Å². The summed E-state index contributed by atoms with van der Waals surface area (Å²) in [6, 6.07) is 3.63. The number of hydrogen-bond acceptors (Lipinski definition) is 2. The molecule has 0 spiro atoms. The maximum absolute atomic E-state index is 12.5. The van der Waals surface area contributed by atoms with E-state index in [9.17, 15) is 13.2 Å². The van der Waals surface area contributed by atoms with Crippen molar-refractivity contribution >= 4 is 40.5 Å². The van der Waals surface area contributed by atoms with Crippen LogP contribution in [-0.4, -0.2) is 4.98 Å². The van der Waals surface area contributed by atoms with Gasteiger partial charge in [-0.15, -0.1) is 0 Å². The fourth-order valence-corrected chi connectivity index (χ4v) is 2.28. The molecule has 1 aromatic carbocycles. The zero-order chi connectivity index (χ0) is 15.1. The van der Waals surface area contributed by atoms with Crippen LogP contribution in [0.3, 0.4) is 0 Å². The number of benzene rings is 1. The average Bonchev–Trinajstić information content (AvgIpc) is 2.33. The molecular formula is C12H6Cl3F3N2. The third-order valence-corrected chi connectivity index (χ3v) is 3.51. The van der Waals surface area contributed by atoms with Gasteiger partial charge in [0.25, 0.3) is 0 Å².